The molecule has 0 N–H and O–H groups in total. The van der Waals surface area contributed by atoms with Gasteiger partial charge in [-0.05, 0) is 113 Å². The van der Waals surface area contributed by atoms with E-state index >= 15 is 0 Å². The fourth-order valence-electron chi connectivity index (χ4n) is 19.8. The fraction of sp³-hybridized carbons (Fsp3) is 0. The molecule has 0 aliphatic heterocycles. The predicted octanol–water partition coefficient (Wildman–Crippen LogP) is 27.9. The van der Waals surface area contributed by atoms with Crippen LogP contribution in [0.25, 0.3) is 246 Å². The standard InChI is InChI=1S/3C35H20N2/c1-2-7-21(8-3-1)22-14-16-23(17-15-22)24-9-4-11-27-28-18-19-29-32-31-25(26-12-6-20-36-33(26)29)10-5-13-30(31)37(34(24)27)35(28)32;1-2-6-21(7-3-1)22-12-14-23(15-13-22)24-8-4-10-28-29-17-16-27-30-20-36-19-18-25(30)26-9-5-11-31-32(26)33(27)35(29)37(31)34(24)28;1-2-8-21(9-3-1)22-16-18-23(19-17-22)24-12-6-14-28-29-20-36-33-27-11-5-4-10-25(27)26-13-7-15-30-31(26)32(33)35(29)37(30)34(24)28/h3*1-20H. The van der Waals surface area contributed by atoms with E-state index in [9.17, 15) is 0 Å². The van der Waals surface area contributed by atoms with E-state index in [0.717, 1.165) is 11.0 Å². The molecule has 6 heteroatoms. The second kappa shape index (κ2) is 22.8. The number of nitrogens with zero attached hydrogens (tertiary/aromatic N) is 6. The van der Waals surface area contributed by atoms with Gasteiger partial charge in [-0.2, -0.15) is 0 Å². The molecular weight excluding hydrogens is 1350 g/mol. The zero-order valence-corrected chi connectivity index (χ0v) is 59.8. The van der Waals surface area contributed by atoms with Crippen LogP contribution in [-0.4, -0.2) is 28.2 Å². The molecule has 0 unspecified atom stereocenters. The molecule has 18 aromatic carbocycles. The van der Waals surface area contributed by atoms with Crippen LogP contribution in [0.5, 0.6) is 0 Å². The highest BCUT2D eigenvalue weighted by Gasteiger charge is 2.29. The van der Waals surface area contributed by atoms with E-state index in [-0.39, 0.29) is 0 Å². The van der Waals surface area contributed by atoms with Crippen LogP contribution in [0.4, 0.5) is 0 Å². The second-order valence-electron chi connectivity index (χ2n) is 29.9. The van der Waals surface area contributed by atoms with Crippen LogP contribution in [0.3, 0.4) is 0 Å². The third kappa shape index (κ3) is 8.31. The maximum absolute atomic E-state index is 5.07. The SMILES string of the molecule is c1ccc(-c2ccc(-c3cccc4c5ccc6c7cnccc7c7cccc8c7c6c5n8c34)cc2)cc1.c1ccc(-c2ccc(-c3cccc4c5ccc6c7ncccc7c7cccc8c7c6c5n8c34)cc2)cc1.c1ccc(-c2ccc(-c3cccc4c5cnc6c7ccccc7c7cccc8c7c6c5n8c34)cc2)cc1. The summed E-state index contributed by atoms with van der Waals surface area (Å²) in [5, 5.41) is 28.3. The van der Waals surface area contributed by atoms with Crippen LogP contribution in [0.2, 0.25) is 0 Å². The Bertz CT molecular complexity index is 7600. The molecule has 27 aromatic rings. The Morgan fingerprint density at radius 3 is 1.00 bits per heavy atom. The summed E-state index contributed by atoms with van der Waals surface area (Å²) in [4.78, 5) is 14.4. The average Bonchev–Trinajstić information content (AvgIpc) is 1.53. The molecule has 510 valence electrons. The first-order chi connectivity index (χ1) is 55.1. The summed E-state index contributed by atoms with van der Waals surface area (Å²) >= 11 is 0. The van der Waals surface area contributed by atoms with Gasteiger partial charge in [-0.3, -0.25) is 15.0 Å². The summed E-state index contributed by atoms with van der Waals surface area (Å²) in [6.07, 6.45) is 7.92. The maximum Gasteiger partial charge on any atom is 0.0809 e. The molecule has 0 bridgehead atoms. The molecule has 0 atom stereocenters. The predicted molar refractivity (Wildman–Crippen MR) is 468 cm³/mol. The van der Waals surface area contributed by atoms with Crippen molar-refractivity contribution in [2.45, 2.75) is 0 Å². The first kappa shape index (κ1) is 60.3. The second-order valence-corrected chi connectivity index (χ2v) is 29.9. The fourth-order valence-corrected chi connectivity index (χ4v) is 19.8. The summed E-state index contributed by atoms with van der Waals surface area (Å²) in [7, 11) is 0. The molecule has 0 saturated carbocycles. The highest BCUT2D eigenvalue weighted by atomic mass is 14.9. The molecule has 0 radical (unpaired) electrons. The van der Waals surface area contributed by atoms with Gasteiger partial charge in [-0.25, -0.2) is 0 Å². The van der Waals surface area contributed by atoms with Crippen molar-refractivity contribution in [3.8, 4) is 66.8 Å². The molecule has 0 spiro atoms. The van der Waals surface area contributed by atoms with E-state index in [2.05, 4.69) is 358 Å². The van der Waals surface area contributed by atoms with Crippen molar-refractivity contribution < 1.29 is 0 Å². The lowest BCUT2D eigenvalue weighted by molar-refractivity contribution is 1.37. The lowest BCUT2D eigenvalue weighted by Crippen LogP contribution is -1.87. The molecule has 9 aromatic heterocycles. The monoisotopic (exact) mass is 1400 g/mol. The van der Waals surface area contributed by atoms with Gasteiger partial charge in [0.1, 0.15) is 0 Å². The molecule has 0 aliphatic carbocycles. The van der Waals surface area contributed by atoms with Crippen molar-refractivity contribution in [1.29, 1.82) is 0 Å². The number of hydrogen-bond acceptors (Lipinski definition) is 3. The highest BCUT2D eigenvalue weighted by Crippen LogP contribution is 2.53. The smallest absolute Gasteiger partial charge is 0.0809 e. The van der Waals surface area contributed by atoms with Gasteiger partial charge in [0.25, 0.3) is 0 Å². The van der Waals surface area contributed by atoms with E-state index < -0.39 is 0 Å². The quantitative estimate of drug-likeness (QED) is 0.156. The summed E-state index contributed by atoms with van der Waals surface area (Å²) in [6, 6.07) is 123. The van der Waals surface area contributed by atoms with E-state index in [0.29, 0.717) is 0 Å². The van der Waals surface area contributed by atoms with Gasteiger partial charge in [0.2, 0.25) is 0 Å². The van der Waals surface area contributed by atoms with Gasteiger partial charge in [0.15, 0.2) is 0 Å². The Labute approximate surface area is 634 Å². The van der Waals surface area contributed by atoms with Crippen LogP contribution in [0.15, 0.2) is 365 Å². The summed E-state index contributed by atoms with van der Waals surface area (Å²) in [5.41, 5.74) is 28.6. The Morgan fingerprint density at radius 2 is 0.495 bits per heavy atom. The average molecular weight is 1410 g/mol. The first-order valence-corrected chi connectivity index (χ1v) is 38.2. The number of aromatic nitrogens is 6. The molecule has 111 heavy (non-hydrogen) atoms. The van der Waals surface area contributed by atoms with E-state index in [1.807, 2.05) is 24.7 Å². The minimum absolute atomic E-state index is 1.08. The lowest BCUT2D eigenvalue weighted by atomic mass is 9.94. The summed E-state index contributed by atoms with van der Waals surface area (Å²) in [6.45, 7) is 0. The van der Waals surface area contributed by atoms with E-state index in [1.165, 1.54) is 235 Å². The molecule has 0 aliphatic rings. The Hall–Kier alpha value is -14.9. The normalized spacial score (nSPS) is 12.3. The minimum Gasteiger partial charge on any atom is -0.307 e. The van der Waals surface area contributed by atoms with E-state index in [1.54, 1.807) is 0 Å². The number of para-hydroxylation sites is 3. The van der Waals surface area contributed by atoms with Crippen LogP contribution in [-0.2, 0) is 0 Å². The zero-order valence-electron chi connectivity index (χ0n) is 59.8. The number of benzene rings is 18. The topological polar surface area (TPSA) is 51.9 Å². The summed E-state index contributed by atoms with van der Waals surface area (Å²) < 4.78 is 7.52. The van der Waals surface area contributed by atoms with Crippen molar-refractivity contribution in [2.75, 3.05) is 0 Å². The minimum atomic E-state index is 1.08. The van der Waals surface area contributed by atoms with Crippen LogP contribution >= 0.6 is 0 Å². The largest absolute Gasteiger partial charge is 0.307 e. The zero-order chi connectivity index (χ0) is 72.3. The van der Waals surface area contributed by atoms with Crippen molar-refractivity contribution >= 4 is 179 Å². The number of rotatable bonds is 6. The van der Waals surface area contributed by atoms with Crippen molar-refractivity contribution in [2.24, 2.45) is 0 Å². The number of pyridine rings is 3. The Kier molecular flexibility index (Phi) is 12.4. The number of fused-ring (bicyclic) bond motifs is 21. The van der Waals surface area contributed by atoms with Crippen LogP contribution in [0, 0.1) is 0 Å². The van der Waals surface area contributed by atoms with Crippen molar-refractivity contribution in [3.63, 3.8) is 0 Å². The van der Waals surface area contributed by atoms with Gasteiger partial charge in [0, 0.05) is 128 Å². The van der Waals surface area contributed by atoms with Crippen molar-refractivity contribution in [1.82, 2.24) is 28.2 Å². The maximum atomic E-state index is 5.07. The molecule has 0 saturated heterocycles. The molecule has 9 heterocycles. The third-order valence-corrected chi connectivity index (χ3v) is 24.5. The third-order valence-electron chi connectivity index (χ3n) is 24.5. The molecule has 6 nitrogen and oxygen atoms in total. The number of hydrogen-bond donors (Lipinski definition) is 0. The van der Waals surface area contributed by atoms with Gasteiger partial charge in [-0.1, -0.05) is 309 Å². The van der Waals surface area contributed by atoms with Crippen molar-refractivity contribution in [3.05, 3.63) is 365 Å². The van der Waals surface area contributed by atoms with Crippen LogP contribution in [0.1, 0.15) is 0 Å². The van der Waals surface area contributed by atoms with Gasteiger partial charge < -0.3 is 13.2 Å². The summed E-state index contributed by atoms with van der Waals surface area (Å²) in [5.74, 6) is 0. The molecule has 27 rings (SSSR count). The Morgan fingerprint density at radius 1 is 0.162 bits per heavy atom. The molecule has 0 fully saturated rings. The first-order valence-electron chi connectivity index (χ1n) is 38.2. The van der Waals surface area contributed by atoms with Gasteiger partial charge in [-0.15, -0.1) is 0 Å². The van der Waals surface area contributed by atoms with Gasteiger partial charge in [0.05, 0.1) is 60.7 Å². The Balaban J connectivity index is 0.0000000947. The molecule has 0 amide bonds. The lowest BCUT2D eigenvalue weighted by Gasteiger charge is -2.10. The van der Waals surface area contributed by atoms with Crippen LogP contribution < -0.4 is 0 Å². The molecular formula is C105H60N6. The van der Waals surface area contributed by atoms with E-state index in [4.69, 9.17) is 9.97 Å². The van der Waals surface area contributed by atoms with Gasteiger partial charge >= 0.3 is 0 Å². The highest BCUT2D eigenvalue weighted by molar-refractivity contribution is 6.42.